The second kappa shape index (κ2) is 9.34. The molecule has 34 heavy (non-hydrogen) atoms. The predicted molar refractivity (Wildman–Crippen MR) is 130 cm³/mol. The number of unbranched alkanes of at least 4 members (excludes halogenated alkanes) is 1. The first-order valence-electron chi connectivity index (χ1n) is 11.1. The van der Waals surface area contributed by atoms with Crippen LogP contribution in [0.5, 0.6) is 0 Å². The van der Waals surface area contributed by atoms with Gasteiger partial charge < -0.3 is 15.2 Å². The molecule has 0 aliphatic rings. The molecule has 4 aromatic rings. The Morgan fingerprint density at radius 3 is 2.62 bits per heavy atom. The molecule has 4 rings (SSSR count). The third kappa shape index (κ3) is 3.98. The molecule has 0 unspecified atom stereocenters. The van der Waals surface area contributed by atoms with Gasteiger partial charge in [0.25, 0.3) is 17.2 Å². The van der Waals surface area contributed by atoms with E-state index in [1.165, 1.54) is 9.47 Å². The van der Waals surface area contributed by atoms with Gasteiger partial charge in [-0.3, -0.25) is 19.1 Å². The third-order valence-electron chi connectivity index (χ3n) is 5.70. The number of hydrogen-bond donors (Lipinski definition) is 2. The van der Waals surface area contributed by atoms with E-state index in [1.807, 2.05) is 37.3 Å². The summed E-state index contributed by atoms with van der Waals surface area (Å²) < 4.78 is 6.67. The molecule has 176 valence electrons. The zero-order chi connectivity index (χ0) is 24.4. The average Bonchev–Trinajstić information content (AvgIpc) is 3.21. The van der Waals surface area contributed by atoms with Crippen LogP contribution in [0.1, 0.15) is 42.7 Å². The van der Waals surface area contributed by atoms with Crippen LogP contribution in [0, 0.1) is 6.92 Å². The van der Waals surface area contributed by atoms with Crippen molar-refractivity contribution in [3.05, 3.63) is 68.5 Å². The number of carbonyl (C=O) groups excluding carboxylic acids is 1. The number of rotatable bonds is 7. The Kier molecular flexibility index (Phi) is 6.31. The first kappa shape index (κ1) is 23.0. The number of nitrogens with two attached hydrogens (primary N) is 1. The van der Waals surface area contributed by atoms with Gasteiger partial charge in [0.2, 0.25) is 0 Å². The van der Waals surface area contributed by atoms with Crippen LogP contribution in [-0.2, 0) is 6.54 Å². The largest absolute Gasteiger partial charge is 0.383 e. The molecule has 10 heteroatoms. The van der Waals surface area contributed by atoms with Crippen molar-refractivity contribution in [2.75, 3.05) is 17.2 Å². The van der Waals surface area contributed by atoms with Gasteiger partial charge in [-0.2, -0.15) is 0 Å². The van der Waals surface area contributed by atoms with E-state index in [9.17, 15) is 14.4 Å². The standard InChI is InChI=1S/C24H26N6O4/c1-4-6-12-30-20(25)19(21(31)27-24(30)33)29(5-2)23(32)16-13-17(15-10-8-7-9-11-15)26-22-18(16)14(3)28-34-22/h7-11,13H,4-6,12,25H2,1-3H3,(H,27,31,33). The molecule has 0 aliphatic carbocycles. The number of amides is 1. The van der Waals surface area contributed by atoms with Gasteiger partial charge in [-0.25, -0.2) is 9.78 Å². The second-order valence-electron chi connectivity index (χ2n) is 7.92. The lowest BCUT2D eigenvalue weighted by atomic mass is 10.0. The monoisotopic (exact) mass is 462 g/mol. The molecule has 1 aromatic carbocycles. The molecular formula is C24H26N6O4. The highest BCUT2D eigenvalue weighted by molar-refractivity contribution is 6.14. The molecule has 3 aromatic heterocycles. The van der Waals surface area contributed by atoms with E-state index in [1.54, 1.807) is 19.9 Å². The molecule has 0 radical (unpaired) electrons. The van der Waals surface area contributed by atoms with Gasteiger partial charge in [0.05, 0.1) is 22.3 Å². The minimum Gasteiger partial charge on any atom is -0.383 e. The number of carbonyl (C=O) groups is 1. The number of nitrogens with zero attached hydrogens (tertiary/aromatic N) is 4. The van der Waals surface area contributed by atoms with E-state index in [0.717, 1.165) is 12.0 Å². The van der Waals surface area contributed by atoms with Gasteiger partial charge >= 0.3 is 5.69 Å². The smallest absolute Gasteiger partial charge is 0.330 e. The molecule has 0 spiro atoms. The van der Waals surface area contributed by atoms with Crippen LogP contribution in [0.4, 0.5) is 11.5 Å². The van der Waals surface area contributed by atoms with Gasteiger partial charge in [0.15, 0.2) is 5.69 Å². The predicted octanol–water partition coefficient (Wildman–Crippen LogP) is 3.10. The summed E-state index contributed by atoms with van der Waals surface area (Å²) in [5, 5.41) is 4.44. The molecule has 0 saturated carbocycles. The highest BCUT2D eigenvalue weighted by Crippen LogP contribution is 2.29. The molecule has 3 N–H and O–H groups in total. The van der Waals surface area contributed by atoms with Crippen LogP contribution in [0.3, 0.4) is 0 Å². The minimum atomic E-state index is -0.721. The molecule has 0 bridgehead atoms. The van der Waals surface area contributed by atoms with Crippen molar-refractivity contribution >= 4 is 28.5 Å². The first-order chi connectivity index (χ1) is 16.4. The van der Waals surface area contributed by atoms with Crippen LogP contribution in [0.15, 0.2) is 50.5 Å². The van der Waals surface area contributed by atoms with E-state index >= 15 is 0 Å². The summed E-state index contributed by atoms with van der Waals surface area (Å²) in [5.74, 6) is -0.524. The van der Waals surface area contributed by atoms with E-state index in [4.69, 9.17) is 10.3 Å². The number of anilines is 2. The van der Waals surface area contributed by atoms with E-state index in [2.05, 4.69) is 15.1 Å². The lowest BCUT2D eigenvalue weighted by molar-refractivity contribution is 0.0989. The summed E-state index contributed by atoms with van der Waals surface area (Å²) in [5.41, 5.74) is 7.18. The molecule has 0 atom stereocenters. The van der Waals surface area contributed by atoms with Crippen molar-refractivity contribution in [1.82, 2.24) is 19.7 Å². The maximum absolute atomic E-state index is 13.9. The number of fused-ring (bicyclic) bond motifs is 1. The Morgan fingerprint density at radius 2 is 1.94 bits per heavy atom. The lowest BCUT2D eigenvalue weighted by Gasteiger charge is -2.23. The summed E-state index contributed by atoms with van der Waals surface area (Å²) in [4.78, 5) is 47.1. The Hall–Kier alpha value is -4.21. The Bertz CT molecular complexity index is 1470. The van der Waals surface area contributed by atoms with Crippen LogP contribution < -0.4 is 21.9 Å². The second-order valence-corrected chi connectivity index (χ2v) is 7.92. The highest BCUT2D eigenvalue weighted by Gasteiger charge is 2.28. The van der Waals surface area contributed by atoms with E-state index in [0.29, 0.717) is 29.7 Å². The fourth-order valence-electron chi connectivity index (χ4n) is 3.95. The van der Waals surface area contributed by atoms with Crippen molar-refractivity contribution in [2.24, 2.45) is 0 Å². The Balaban J connectivity index is 1.90. The van der Waals surface area contributed by atoms with Gasteiger partial charge in [0, 0.05) is 18.7 Å². The topological polar surface area (TPSA) is 140 Å². The molecule has 0 fully saturated rings. The zero-order valence-corrected chi connectivity index (χ0v) is 19.3. The zero-order valence-electron chi connectivity index (χ0n) is 19.3. The summed E-state index contributed by atoms with van der Waals surface area (Å²) in [7, 11) is 0. The summed E-state index contributed by atoms with van der Waals surface area (Å²) >= 11 is 0. The minimum absolute atomic E-state index is 0.0481. The van der Waals surface area contributed by atoms with Crippen molar-refractivity contribution in [3.63, 3.8) is 0 Å². The van der Waals surface area contributed by atoms with Crippen LogP contribution in [-0.4, -0.2) is 32.1 Å². The van der Waals surface area contributed by atoms with Gasteiger partial charge in [-0.05, 0) is 26.3 Å². The first-order valence-corrected chi connectivity index (χ1v) is 11.1. The number of aromatic nitrogens is 4. The maximum Gasteiger partial charge on any atom is 0.330 e. The number of nitrogens with one attached hydrogen (secondary N) is 1. The molecule has 0 saturated heterocycles. The van der Waals surface area contributed by atoms with Gasteiger partial charge in [-0.15, -0.1) is 0 Å². The van der Waals surface area contributed by atoms with Gasteiger partial charge in [0.1, 0.15) is 5.82 Å². The molecule has 0 aliphatic heterocycles. The van der Waals surface area contributed by atoms with Gasteiger partial charge in [-0.1, -0.05) is 48.8 Å². The Labute approximate surface area is 195 Å². The van der Waals surface area contributed by atoms with E-state index in [-0.39, 0.29) is 29.3 Å². The van der Waals surface area contributed by atoms with Crippen LogP contribution in [0.2, 0.25) is 0 Å². The number of hydrogen-bond acceptors (Lipinski definition) is 7. The quantitative estimate of drug-likeness (QED) is 0.430. The molecule has 3 heterocycles. The number of pyridine rings is 1. The fraction of sp³-hybridized carbons (Fsp3) is 0.292. The molecule has 1 amide bonds. The average molecular weight is 463 g/mol. The van der Waals surface area contributed by atoms with Crippen molar-refractivity contribution in [1.29, 1.82) is 0 Å². The van der Waals surface area contributed by atoms with Crippen LogP contribution in [0.25, 0.3) is 22.4 Å². The fourth-order valence-corrected chi connectivity index (χ4v) is 3.95. The summed E-state index contributed by atoms with van der Waals surface area (Å²) in [6.07, 6.45) is 1.53. The molecular weight excluding hydrogens is 436 g/mol. The maximum atomic E-state index is 13.9. The van der Waals surface area contributed by atoms with E-state index < -0.39 is 17.2 Å². The lowest BCUT2D eigenvalue weighted by Crippen LogP contribution is -2.41. The number of nitrogen functional groups attached to an aromatic ring is 1. The number of benzene rings is 1. The SMILES string of the molecule is CCCCn1c(N)c(N(CC)C(=O)c2cc(-c3ccccc3)nc3onc(C)c23)c(=O)[nH]c1=O. The number of aromatic amines is 1. The van der Waals surface area contributed by atoms with Crippen molar-refractivity contribution < 1.29 is 9.32 Å². The highest BCUT2D eigenvalue weighted by atomic mass is 16.5. The number of H-pyrrole nitrogens is 1. The summed E-state index contributed by atoms with van der Waals surface area (Å²) in [6, 6.07) is 11.0. The number of aryl methyl sites for hydroxylation is 1. The van der Waals surface area contributed by atoms with Crippen molar-refractivity contribution in [3.8, 4) is 11.3 Å². The summed E-state index contributed by atoms with van der Waals surface area (Å²) in [6.45, 7) is 5.91. The van der Waals surface area contributed by atoms with Crippen molar-refractivity contribution in [2.45, 2.75) is 40.2 Å². The third-order valence-corrected chi connectivity index (χ3v) is 5.70. The Morgan fingerprint density at radius 1 is 1.21 bits per heavy atom. The molecule has 10 nitrogen and oxygen atoms in total. The normalized spacial score (nSPS) is 11.1. The van der Waals surface area contributed by atoms with Crippen LogP contribution >= 0.6 is 0 Å².